The number of aliphatic hydroxyl groups excluding tert-OH is 1. The van der Waals surface area contributed by atoms with E-state index in [0.29, 0.717) is 16.2 Å². The molecule has 180 valence electrons. The molecule has 33 heavy (non-hydrogen) atoms. The van der Waals surface area contributed by atoms with Gasteiger partial charge in [-0.05, 0) is 68.6 Å². The second kappa shape index (κ2) is 8.01. The number of allylic oxidation sites excluding steroid dienone is 1. The summed E-state index contributed by atoms with van der Waals surface area (Å²) in [5.41, 5.74) is 8.38. The van der Waals surface area contributed by atoms with Crippen molar-refractivity contribution in [3.8, 4) is 0 Å². The van der Waals surface area contributed by atoms with Crippen LogP contribution in [-0.4, -0.2) is 43.4 Å². The summed E-state index contributed by atoms with van der Waals surface area (Å²) in [6, 6.07) is 5.97. The lowest BCUT2D eigenvalue weighted by molar-refractivity contribution is 0.100. The predicted molar refractivity (Wildman–Crippen MR) is 130 cm³/mol. The summed E-state index contributed by atoms with van der Waals surface area (Å²) in [6.45, 7) is 4.06. The maximum absolute atomic E-state index is 13.3. The van der Waals surface area contributed by atoms with Gasteiger partial charge in [-0.15, -0.1) is 0 Å². The number of hydrogen-bond acceptors (Lipinski definition) is 6. The molecule has 2 unspecified atom stereocenters. The van der Waals surface area contributed by atoms with Gasteiger partial charge < -0.3 is 21.1 Å². The third-order valence-corrected chi connectivity index (χ3v) is 10.3. The molecule has 0 spiro atoms. The van der Waals surface area contributed by atoms with Gasteiger partial charge in [0.05, 0.1) is 22.3 Å². The summed E-state index contributed by atoms with van der Waals surface area (Å²) < 4.78 is 26.6. The molecule has 1 aromatic carbocycles. The van der Waals surface area contributed by atoms with E-state index in [1.54, 1.807) is 6.07 Å². The molecule has 2 atom stereocenters. The van der Waals surface area contributed by atoms with Crippen LogP contribution >= 0.6 is 0 Å². The number of carbonyl (C=O) groups is 1. The van der Waals surface area contributed by atoms with Crippen molar-refractivity contribution in [2.24, 2.45) is 17.1 Å². The molecule has 2 aliphatic heterocycles. The Morgan fingerprint density at radius 1 is 1.15 bits per heavy atom. The molecule has 8 heteroatoms. The zero-order valence-corrected chi connectivity index (χ0v) is 20.3. The van der Waals surface area contributed by atoms with Gasteiger partial charge in [0.25, 0.3) is 5.91 Å². The van der Waals surface area contributed by atoms with Crippen molar-refractivity contribution in [3.05, 3.63) is 34.4 Å². The second-order valence-corrected chi connectivity index (χ2v) is 13.1. The van der Waals surface area contributed by atoms with Gasteiger partial charge in [0.1, 0.15) is 0 Å². The summed E-state index contributed by atoms with van der Waals surface area (Å²) >= 11 is 0. The van der Waals surface area contributed by atoms with E-state index in [4.69, 9.17) is 5.73 Å². The molecule has 2 fully saturated rings. The molecule has 7 nitrogen and oxygen atoms in total. The minimum atomic E-state index is -3.30. The van der Waals surface area contributed by atoms with Gasteiger partial charge in [0.15, 0.2) is 9.84 Å². The van der Waals surface area contributed by atoms with Crippen molar-refractivity contribution in [1.82, 2.24) is 0 Å². The first-order chi connectivity index (χ1) is 15.6. The quantitative estimate of drug-likeness (QED) is 0.616. The molecule has 4 aliphatic rings. The molecule has 0 aromatic heterocycles. The Morgan fingerprint density at radius 3 is 2.58 bits per heavy atom. The molecule has 0 bridgehead atoms. The standard InChI is InChI=1S/C25H35N3O4S/c1-25(2)13-22-23(33(31,32)14-25)19-4-3-5-21(19)28(22)16-8-11-18(24(26)30)20(12-16)27-15-6-9-17(29)10-7-15/h8,11-12,15,17,19,21,27,29H,3-7,9-10,13-14H2,1-2H3,(H2,26,30). The van der Waals surface area contributed by atoms with Gasteiger partial charge in [0, 0.05) is 35.1 Å². The number of carbonyl (C=O) groups excluding carboxylic acids is 1. The number of hydrogen-bond donors (Lipinski definition) is 3. The number of nitrogens with one attached hydrogen (secondary N) is 1. The van der Waals surface area contributed by atoms with Crippen LogP contribution in [0.15, 0.2) is 28.8 Å². The van der Waals surface area contributed by atoms with Crippen LogP contribution in [0.1, 0.15) is 75.6 Å². The highest BCUT2D eigenvalue weighted by molar-refractivity contribution is 7.95. The summed E-state index contributed by atoms with van der Waals surface area (Å²) in [6.07, 6.45) is 6.52. The Hall–Kier alpha value is -2.06. The highest BCUT2D eigenvalue weighted by Gasteiger charge is 2.52. The van der Waals surface area contributed by atoms with Gasteiger partial charge in [-0.1, -0.05) is 20.3 Å². The van der Waals surface area contributed by atoms with Crippen molar-refractivity contribution in [1.29, 1.82) is 0 Å². The number of nitrogens with two attached hydrogens (primary N) is 1. The SMILES string of the molecule is CC1(C)CC2=C(C3CCCC3N2c2ccc(C(N)=O)c(NC3CCC(O)CC3)c2)S(=O)(=O)C1. The van der Waals surface area contributed by atoms with Crippen LogP contribution in [0.4, 0.5) is 11.4 Å². The maximum atomic E-state index is 13.3. The molecule has 1 aromatic rings. The average molecular weight is 474 g/mol. The minimum absolute atomic E-state index is 0.0631. The first-order valence-corrected chi connectivity index (χ1v) is 13.8. The number of sulfone groups is 1. The number of anilines is 2. The van der Waals surface area contributed by atoms with Crippen LogP contribution in [0.25, 0.3) is 0 Å². The molecule has 0 radical (unpaired) electrons. The van der Waals surface area contributed by atoms with E-state index in [9.17, 15) is 18.3 Å². The molecule has 2 saturated carbocycles. The predicted octanol–water partition coefficient (Wildman–Crippen LogP) is 3.55. The third-order valence-electron chi connectivity index (χ3n) is 7.89. The zero-order valence-electron chi connectivity index (χ0n) is 19.5. The summed E-state index contributed by atoms with van der Waals surface area (Å²) in [5.74, 6) is -0.217. The average Bonchev–Trinajstić information content (AvgIpc) is 3.27. The molecule has 0 saturated heterocycles. The van der Waals surface area contributed by atoms with E-state index in [2.05, 4.69) is 10.2 Å². The lowest BCUT2D eigenvalue weighted by atomic mass is 9.89. The number of aliphatic hydroxyl groups is 1. The number of fused-ring (bicyclic) bond motifs is 2. The number of nitrogens with zero attached hydrogens (tertiary/aromatic N) is 1. The monoisotopic (exact) mass is 473 g/mol. The van der Waals surface area contributed by atoms with Crippen LogP contribution in [0.3, 0.4) is 0 Å². The fourth-order valence-electron chi connectivity index (χ4n) is 6.57. The number of rotatable bonds is 4. The van der Waals surface area contributed by atoms with Crippen molar-refractivity contribution in [2.45, 2.75) is 83.4 Å². The van der Waals surface area contributed by atoms with E-state index in [0.717, 1.165) is 62.8 Å². The van der Waals surface area contributed by atoms with Crippen molar-refractivity contribution < 1.29 is 18.3 Å². The van der Waals surface area contributed by atoms with Crippen molar-refractivity contribution in [2.75, 3.05) is 16.0 Å². The molecule has 2 heterocycles. The summed E-state index contributed by atoms with van der Waals surface area (Å²) in [5, 5.41) is 13.3. The van der Waals surface area contributed by atoms with E-state index in [1.807, 2.05) is 26.0 Å². The van der Waals surface area contributed by atoms with Crippen molar-refractivity contribution in [3.63, 3.8) is 0 Å². The van der Waals surface area contributed by atoms with Gasteiger partial charge in [0.2, 0.25) is 0 Å². The van der Waals surface area contributed by atoms with E-state index >= 15 is 0 Å². The molecular weight excluding hydrogens is 438 g/mol. The van der Waals surface area contributed by atoms with E-state index < -0.39 is 15.7 Å². The highest BCUT2D eigenvalue weighted by Crippen LogP contribution is 2.54. The topological polar surface area (TPSA) is 113 Å². The normalized spacial score (nSPS) is 32.4. The molecular formula is C25H35N3O4S. The molecule has 2 aliphatic carbocycles. The molecule has 5 rings (SSSR count). The second-order valence-electron chi connectivity index (χ2n) is 11.1. The number of primary amides is 1. The fourth-order valence-corrected chi connectivity index (χ4v) is 9.12. The Morgan fingerprint density at radius 2 is 1.88 bits per heavy atom. The van der Waals surface area contributed by atoms with Crippen LogP contribution in [0.5, 0.6) is 0 Å². The Labute approximate surface area is 196 Å². The Bertz CT molecular complexity index is 1100. The van der Waals surface area contributed by atoms with Crippen LogP contribution in [0.2, 0.25) is 0 Å². The fraction of sp³-hybridized carbons (Fsp3) is 0.640. The smallest absolute Gasteiger partial charge is 0.250 e. The molecule has 4 N–H and O–H groups in total. The van der Waals surface area contributed by atoms with Crippen molar-refractivity contribution >= 4 is 27.1 Å². The van der Waals surface area contributed by atoms with Crippen LogP contribution < -0.4 is 16.0 Å². The van der Waals surface area contributed by atoms with Crippen LogP contribution in [0, 0.1) is 11.3 Å². The zero-order chi connectivity index (χ0) is 23.5. The lowest BCUT2D eigenvalue weighted by Crippen LogP contribution is -2.35. The van der Waals surface area contributed by atoms with E-state index in [-0.39, 0.29) is 35.3 Å². The number of amides is 1. The molecule has 1 amide bonds. The lowest BCUT2D eigenvalue weighted by Gasteiger charge is -2.36. The first kappa shape index (κ1) is 22.7. The first-order valence-electron chi connectivity index (χ1n) is 12.2. The van der Waals surface area contributed by atoms with Crippen LogP contribution in [-0.2, 0) is 9.84 Å². The Balaban J connectivity index is 1.55. The van der Waals surface area contributed by atoms with Gasteiger partial charge >= 0.3 is 0 Å². The Kier molecular flexibility index (Phi) is 5.52. The van der Waals surface area contributed by atoms with Gasteiger partial charge in [-0.3, -0.25) is 4.79 Å². The highest BCUT2D eigenvalue weighted by atomic mass is 32.2. The van der Waals surface area contributed by atoms with E-state index in [1.165, 1.54) is 0 Å². The summed E-state index contributed by atoms with van der Waals surface area (Å²) in [7, 11) is -3.30. The van der Waals surface area contributed by atoms with Gasteiger partial charge in [-0.25, -0.2) is 8.42 Å². The number of benzene rings is 1. The third kappa shape index (κ3) is 4.05. The largest absolute Gasteiger partial charge is 0.393 e. The summed E-state index contributed by atoms with van der Waals surface area (Å²) in [4.78, 5) is 15.1. The van der Waals surface area contributed by atoms with Gasteiger partial charge in [-0.2, -0.15) is 0 Å². The maximum Gasteiger partial charge on any atom is 0.250 e. The minimum Gasteiger partial charge on any atom is -0.393 e.